The number of aromatic nitrogens is 1. The van der Waals surface area contributed by atoms with Crippen molar-refractivity contribution in [1.82, 2.24) is 9.88 Å². The fourth-order valence-corrected chi connectivity index (χ4v) is 4.57. The third-order valence-electron chi connectivity index (χ3n) is 6.07. The number of hydrogen-bond acceptors (Lipinski definition) is 5. The molecule has 2 atom stereocenters. The van der Waals surface area contributed by atoms with Gasteiger partial charge in [-0.15, -0.1) is 0 Å². The summed E-state index contributed by atoms with van der Waals surface area (Å²) in [6.45, 7) is 10.7. The maximum Gasteiger partial charge on any atom is 0.0726 e. The van der Waals surface area contributed by atoms with E-state index >= 15 is 0 Å². The molecule has 27 heavy (non-hydrogen) atoms. The summed E-state index contributed by atoms with van der Waals surface area (Å²) in [4.78, 5) is 7.41. The second-order valence-corrected chi connectivity index (χ2v) is 7.64. The van der Waals surface area contributed by atoms with Crippen LogP contribution in [0.2, 0.25) is 0 Å². The van der Waals surface area contributed by atoms with E-state index in [1.54, 1.807) is 0 Å². The highest BCUT2D eigenvalue weighted by Gasteiger charge is 2.31. The Morgan fingerprint density at radius 3 is 2.74 bits per heavy atom. The molecule has 5 heteroatoms. The highest BCUT2D eigenvalue weighted by atomic mass is 16.5. The SMILES string of the molecule is CCc1c(C)nc2ccccc2c1NC[C@@H]([C@H]1CCOC1)N1CCOCC1. The first-order chi connectivity index (χ1) is 13.3. The molecule has 0 amide bonds. The Hall–Kier alpha value is -1.69. The van der Waals surface area contributed by atoms with Gasteiger partial charge in [-0.3, -0.25) is 9.88 Å². The summed E-state index contributed by atoms with van der Waals surface area (Å²) >= 11 is 0. The van der Waals surface area contributed by atoms with Gasteiger partial charge in [0.2, 0.25) is 0 Å². The van der Waals surface area contributed by atoms with Gasteiger partial charge >= 0.3 is 0 Å². The predicted molar refractivity (Wildman–Crippen MR) is 109 cm³/mol. The maximum atomic E-state index is 5.72. The lowest BCUT2D eigenvalue weighted by Crippen LogP contribution is -2.50. The predicted octanol–water partition coefficient (Wildman–Crippen LogP) is 3.25. The number of anilines is 1. The van der Waals surface area contributed by atoms with Crippen LogP contribution >= 0.6 is 0 Å². The average molecular weight is 370 g/mol. The molecule has 2 fully saturated rings. The topological polar surface area (TPSA) is 46.6 Å². The number of fused-ring (bicyclic) bond motifs is 1. The molecule has 4 rings (SSSR count). The van der Waals surface area contributed by atoms with Crippen LogP contribution in [-0.4, -0.2) is 62.0 Å². The Bertz CT molecular complexity index is 767. The highest BCUT2D eigenvalue weighted by molar-refractivity contribution is 5.93. The number of aryl methyl sites for hydroxylation is 1. The van der Waals surface area contributed by atoms with Gasteiger partial charge in [0.25, 0.3) is 0 Å². The first kappa shape index (κ1) is 18.7. The summed E-state index contributed by atoms with van der Waals surface area (Å²) < 4.78 is 11.3. The van der Waals surface area contributed by atoms with Gasteiger partial charge in [0.15, 0.2) is 0 Å². The van der Waals surface area contributed by atoms with Crippen molar-refractivity contribution in [3.8, 4) is 0 Å². The largest absolute Gasteiger partial charge is 0.383 e. The van der Waals surface area contributed by atoms with Crippen LogP contribution in [0.15, 0.2) is 24.3 Å². The molecule has 146 valence electrons. The monoisotopic (exact) mass is 369 g/mol. The van der Waals surface area contributed by atoms with Crippen molar-refractivity contribution in [3.63, 3.8) is 0 Å². The van der Waals surface area contributed by atoms with Crippen LogP contribution in [0.5, 0.6) is 0 Å². The Balaban J connectivity index is 1.61. The molecule has 0 spiro atoms. The van der Waals surface area contributed by atoms with E-state index in [0.717, 1.165) is 70.1 Å². The zero-order valence-corrected chi connectivity index (χ0v) is 16.5. The molecule has 1 aromatic carbocycles. The number of nitrogens with zero attached hydrogens (tertiary/aromatic N) is 2. The van der Waals surface area contributed by atoms with E-state index in [0.29, 0.717) is 12.0 Å². The van der Waals surface area contributed by atoms with Gasteiger partial charge in [-0.1, -0.05) is 25.1 Å². The zero-order chi connectivity index (χ0) is 18.6. The minimum absolute atomic E-state index is 0.480. The number of rotatable bonds is 6. The molecule has 1 aromatic heterocycles. The lowest BCUT2D eigenvalue weighted by molar-refractivity contribution is 0.00462. The molecule has 2 aliphatic rings. The van der Waals surface area contributed by atoms with Crippen LogP contribution in [0.4, 0.5) is 5.69 Å². The van der Waals surface area contributed by atoms with Crippen molar-refractivity contribution in [2.75, 3.05) is 51.4 Å². The first-order valence-electron chi connectivity index (χ1n) is 10.3. The van der Waals surface area contributed by atoms with E-state index in [1.807, 2.05) is 0 Å². The molecule has 0 radical (unpaired) electrons. The van der Waals surface area contributed by atoms with Crippen molar-refractivity contribution in [2.24, 2.45) is 5.92 Å². The molecule has 0 bridgehead atoms. The Labute approximate surface area is 162 Å². The minimum atomic E-state index is 0.480. The summed E-state index contributed by atoms with van der Waals surface area (Å²) in [7, 11) is 0. The fraction of sp³-hybridized carbons (Fsp3) is 0.591. The molecular formula is C22H31N3O2. The summed E-state index contributed by atoms with van der Waals surface area (Å²) in [5.74, 6) is 0.592. The van der Waals surface area contributed by atoms with Crippen molar-refractivity contribution in [2.45, 2.75) is 32.7 Å². The summed E-state index contributed by atoms with van der Waals surface area (Å²) in [6, 6.07) is 8.95. The number of ether oxygens (including phenoxy) is 2. The molecule has 0 saturated carbocycles. The minimum Gasteiger partial charge on any atom is -0.383 e. The summed E-state index contributed by atoms with van der Waals surface area (Å²) in [6.07, 6.45) is 2.14. The fourth-order valence-electron chi connectivity index (χ4n) is 4.57. The van der Waals surface area contributed by atoms with Crippen LogP contribution in [-0.2, 0) is 15.9 Å². The van der Waals surface area contributed by atoms with Gasteiger partial charge in [-0.25, -0.2) is 0 Å². The van der Waals surface area contributed by atoms with Gasteiger partial charge in [0, 0.05) is 55.0 Å². The summed E-state index contributed by atoms with van der Waals surface area (Å²) in [5.41, 5.74) is 4.79. The highest BCUT2D eigenvalue weighted by Crippen LogP contribution is 2.30. The van der Waals surface area contributed by atoms with E-state index in [1.165, 1.54) is 16.6 Å². The Kier molecular flexibility index (Phi) is 5.91. The third kappa shape index (κ3) is 3.96. The van der Waals surface area contributed by atoms with Gasteiger partial charge in [-0.2, -0.15) is 0 Å². The number of para-hydroxylation sites is 1. The van der Waals surface area contributed by atoms with Crippen molar-refractivity contribution < 1.29 is 9.47 Å². The Morgan fingerprint density at radius 1 is 1.19 bits per heavy atom. The molecule has 3 heterocycles. The number of morpholine rings is 1. The van der Waals surface area contributed by atoms with Gasteiger partial charge in [0.05, 0.1) is 25.3 Å². The standard InChI is InChI=1S/C22H31N3O2/c1-3-18-16(2)24-20-7-5-4-6-19(20)22(18)23-14-21(17-8-11-27-15-17)25-9-12-26-13-10-25/h4-7,17,21H,3,8-15H2,1-2H3,(H,23,24)/t17-,21-/m0/s1. The lowest BCUT2D eigenvalue weighted by Gasteiger charge is -2.38. The van der Waals surface area contributed by atoms with E-state index in [-0.39, 0.29) is 0 Å². The molecule has 0 unspecified atom stereocenters. The van der Waals surface area contributed by atoms with Crippen molar-refractivity contribution in [1.29, 1.82) is 0 Å². The second kappa shape index (κ2) is 8.55. The smallest absolute Gasteiger partial charge is 0.0726 e. The van der Waals surface area contributed by atoms with Crippen molar-refractivity contribution >= 4 is 16.6 Å². The van der Waals surface area contributed by atoms with Crippen LogP contribution < -0.4 is 5.32 Å². The molecule has 2 aromatic rings. The van der Waals surface area contributed by atoms with E-state index < -0.39 is 0 Å². The molecular weight excluding hydrogens is 338 g/mol. The average Bonchev–Trinajstić information content (AvgIpc) is 3.23. The number of pyridine rings is 1. The zero-order valence-electron chi connectivity index (χ0n) is 16.5. The van der Waals surface area contributed by atoms with Crippen LogP contribution in [0.25, 0.3) is 10.9 Å². The molecule has 0 aliphatic carbocycles. The normalized spacial score (nSPS) is 22.2. The number of benzene rings is 1. The van der Waals surface area contributed by atoms with E-state index in [9.17, 15) is 0 Å². The number of nitrogens with one attached hydrogen (secondary N) is 1. The Morgan fingerprint density at radius 2 is 2.00 bits per heavy atom. The second-order valence-electron chi connectivity index (χ2n) is 7.64. The van der Waals surface area contributed by atoms with E-state index in [4.69, 9.17) is 14.5 Å². The molecule has 5 nitrogen and oxygen atoms in total. The maximum absolute atomic E-state index is 5.72. The molecule has 1 N–H and O–H groups in total. The van der Waals surface area contributed by atoms with Gasteiger partial charge in [-0.05, 0) is 31.4 Å². The first-order valence-corrected chi connectivity index (χ1v) is 10.3. The van der Waals surface area contributed by atoms with Crippen LogP contribution in [0, 0.1) is 12.8 Å². The third-order valence-corrected chi connectivity index (χ3v) is 6.07. The van der Waals surface area contributed by atoms with Crippen LogP contribution in [0.1, 0.15) is 24.6 Å². The summed E-state index contributed by atoms with van der Waals surface area (Å²) in [5, 5.41) is 5.07. The van der Waals surface area contributed by atoms with Crippen molar-refractivity contribution in [3.05, 3.63) is 35.5 Å². The lowest BCUT2D eigenvalue weighted by atomic mass is 9.96. The van der Waals surface area contributed by atoms with E-state index in [2.05, 4.69) is 48.3 Å². The molecule has 2 aliphatic heterocycles. The molecule has 2 saturated heterocycles. The van der Waals surface area contributed by atoms with Gasteiger partial charge < -0.3 is 14.8 Å². The van der Waals surface area contributed by atoms with Gasteiger partial charge in [0.1, 0.15) is 0 Å². The number of hydrogen-bond donors (Lipinski definition) is 1. The quantitative estimate of drug-likeness (QED) is 0.847. The van der Waals surface area contributed by atoms with Crippen LogP contribution in [0.3, 0.4) is 0 Å².